The highest BCUT2D eigenvalue weighted by Crippen LogP contribution is 2.38. The summed E-state index contributed by atoms with van der Waals surface area (Å²) in [7, 11) is 0. The standard InChI is InChI=1S/C23H11Cl6N3O3/c24-13-5-4-12(7-14(13)25)31-21(33)10-2-1-3-11(6-10)30-20-19(29)22(34)32(23(20)35)18-9-16(27)15(26)8-17(18)28/h1-9,30H,(H,31,33). The van der Waals surface area contributed by atoms with Crippen molar-refractivity contribution in [2.75, 3.05) is 15.5 Å². The molecule has 12 heteroatoms. The van der Waals surface area contributed by atoms with Crippen LogP contribution in [0.15, 0.2) is 65.3 Å². The van der Waals surface area contributed by atoms with E-state index < -0.39 is 17.7 Å². The second kappa shape index (κ2) is 10.3. The van der Waals surface area contributed by atoms with Crippen molar-refractivity contribution >= 4 is 104 Å². The average molecular weight is 590 g/mol. The monoisotopic (exact) mass is 587 g/mol. The normalized spacial score (nSPS) is 13.5. The Balaban J connectivity index is 1.56. The van der Waals surface area contributed by atoms with Gasteiger partial charge in [0.25, 0.3) is 17.7 Å². The number of amides is 3. The number of nitrogens with zero attached hydrogens (tertiary/aromatic N) is 1. The fourth-order valence-corrected chi connectivity index (χ4v) is 4.31. The van der Waals surface area contributed by atoms with Crippen LogP contribution < -0.4 is 15.5 Å². The van der Waals surface area contributed by atoms with Gasteiger partial charge in [0.05, 0.1) is 30.8 Å². The van der Waals surface area contributed by atoms with Crippen LogP contribution in [-0.2, 0) is 9.59 Å². The smallest absolute Gasteiger partial charge is 0.283 e. The van der Waals surface area contributed by atoms with Crippen LogP contribution in [0.4, 0.5) is 17.1 Å². The number of carbonyl (C=O) groups excluding carboxylic acids is 3. The maximum atomic E-state index is 13.1. The van der Waals surface area contributed by atoms with Gasteiger partial charge in [0.2, 0.25) is 0 Å². The SMILES string of the molecule is O=C(Nc1ccc(Cl)c(Cl)c1)c1cccc(NC2=C(Cl)C(=O)N(c3cc(Cl)c(Cl)cc3Cl)C2=O)c1. The lowest BCUT2D eigenvalue weighted by Gasteiger charge is -2.17. The Kier molecular flexibility index (Phi) is 7.52. The summed E-state index contributed by atoms with van der Waals surface area (Å²) in [6.07, 6.45) is 0. The number of imide groups is 1. The molecule has 1 aliphatic rings. The third kappa shape index (κ3) is 5.23. The molecular weight excluding hydrogens is 579 g/mol. The molecule has 178 valence electrons. The largest absolute Gasteiger partial charge is 0.350 e. The van der Waals surface area contributed by atoms with Crippen LogP contribution in [0.25, 0.3) is 0 Å². The molecule has 0 aliphatic carbocycles. The van der Waals surface area contributed by atoms with Gasteiger partial charge in [-0.2, -0.15) is 0 Å². The zero-order valence-electron chi connectivity index (χ0n) is 17.1. The summed E-state index contributed by atoms with van der Waals surface area (Å²) in [6.45, 7) is 0. The molecule has 2 N–H and O–H groups in total. The minimum Gasteiger partial charge on any atom is -0.350 e. The van der Waals surface area contributed by atoms with Gasteiger partial charge < -0.3 is 10.6 Å². The Hall–Kier alpha value is -2.45. The minimum absolute atomic E-state index is 0.0285. The lowest BCUT2D eigenvalue weighted by Crippen LogP contribution is -2.32. The van der Waals surface area contributed by atoms with Crippen molar-refractivity contribution in [2.45, 2.75) is 0 Å². The molecule has 0 atom stereocenters. The Morgan fingerprint density at radius 2 is 1.37 bits per heavy atom. The highest BCUT2D eigenvalue weighted by molar-refractivity contribution is 6.54. The van der Waals surface area contributed by atoms with Crippen LogP contribution in [0.2, 0.25) is 25.1 Å². The molecule has 1 heterocycles. The average Bonchev–Trinajstić information content (AvgIpc) is 3.02. The summed E-state index contributed by atoms with van der Waals surface area (Å²) in [5.74, 6) is -2.00. The van der Waals surface area contributed by atoms with Crippen molar-refractivity contribution in [2.24, 2.45) is 0 Å². The van der Waals surface area contributed by atoms with E-state index in [4.69, 9.17) is 69.6 Å². The topological polar surface area (TPSA) is 78.5 Å². The Morgan fingerprint density at radius 1 is 0.686 bits per heavy atom. The highest BCUT2D eigenvalue weighted by atomic mass is 35.5. The van der Waals surface area contributed by atoms with Crippen LogP contribution >= 0.6 is 69.6 Å². The Morgan fingerprint density at radius 3 is 2.09 bits per heavy atom. The van der Waals surface area contributed by atoms with Gasteiger partial charge in [-0.3, -0.25) is 14.4 Å². The van der Waals surface area contributed by atoms with Gasteiger partial charge in [0.15, 0.2) is 0 Å². The van der Waals surface area contributed by atoms with Crippen molar-refractivity contribution in [3.05, 3.63) is 96.0 Å². The van der Waals surface area contributed by atoms with E-state index in [9.17, 15) is 14.4 Å². The molecular formula is C23H11Cl6N3O3. The van der Waals surface area contributed by atoms with Crippen LogP contribution in [0.5, 0.6) is 0 Å². The molecule has 3 aromatic carbocycles. The molecule has 0 saturated carbocycles. The maximum Gasteiger partial charge on any atom is 0.283 e. The number of benzene rings is 3. The molecule has 0 saturated heterocycles. The van der Waals surface area contributed by atoms with Gasteiger partial charge in [-0.25, -0.2) is 4.90 Å². The molecule has 3 amide bonds. The fraction of sp³-hybridized carbons (Fsp3) is 0. The zero-order valence-corrected chi connectivity index (χ0v) is 21.7. The van der Waals surface area contributed by atoms with Gasteiger partial charge in [0.1, 0.15) is 10.7 Å². The molecule has 0 fully saturated rings. The van der Waals surface area contributed by atoms with Crippen LogP contribution in [0.3, 0.4) is 0 Å². The summed E-state index contributed by atoms with van der Waals surface area (Å²) >= 11 is 36.2. The summed E-state index contributed by atoms with van der Waals surface area (Å²) in [5.41, 5.74) is 0.878. The van der Waals surface area contributed by atoms with Crippen molar-refractivity contribution in [3.63, 3.8) is 0 Å². The molecule has 0 bridgehead atoms. The molecule has 0 spiro atoms. The van der Waals surface area contributed by atoms with E-state index in [-0.39, 0.29) is 42.1 Å². The lowest BCUT2D eigenvalue weighted by atomic mass is 10.1. The van der Waals surface area contributed by atoms with Crippen LogP contribution in [-0.4, -0.2) is 17.7 Å². The number of hydrogen-bond donors (Lipinski definition) is 2. The molecule has 4 rings (SSSR count). The fourth-order valence-electron chi connectivity index (χ4n) is 3.17. The second-order valence-electron chi connectivity index (χ2n) is 7.14. The molecule has 0 unspecified atom stereocenters. The third-order valence-corrected chi connectivity index (χ3v) is 6.94. The van der Waals surface area contributed by atoms with Crippen molar-refractivity contribution < 1.29 is 14.4 Å². The second-order valence-corrected chi connectivity index (χ2v) is 9.56. The predicted molar refractivity (Wildman–Crippen MR) is 141 cm³/mol. The maximum absolute atomic E-state index is 13.1. The predicted octanol–water partition coefficient (Wildman–Crippen LogP) is 7.64. The first-order valence-electron chi connectivity index (χ1n) is 9.63. The quantitative estimate of drug-likeness (QED) is 0.237. The molecule has 35 heavy (non-hydrogen) atoms. The summed E-state index contributed by atoms with van der Waals surface area (Å²) in [5, 5.41) is 6.09. The van der Waals surface area contributed by atoms with E-state index in [1.54, 1.807) is 30.3 Å². The van der Waals surface area contributed by atoms with Gasteiger partial charge >= 0.3 is 0 Å². The van der Waals surface area contributed by atoms with Gasteiger partial charge in [-0.05, 0) is 48.5 Å². The summed E-state index contributed by atoms with van der Waals surface area (Å²) in [6, 6.07) is 13.5. The minimum atomic E-state index is -0.798. The van der Waals surface area contributed by atoms with E-state index in [0.717, 1.165) is 4.90 Å². The Labute approximate surface area is 229 Å². The molecule has 1 aliphatic heterocycles. The van der Waals surface area contributed by atoms with E-state index in [2.05, 4.69) is 10.6 Å². The van der Waals surface area contributed by atoms with Crippen molar-refractivity contribution in [3.8, 4) is 0 Å². The van der Waals surface area contributed by atoms with Gasteiger partial charge in [0, 0.05) is 16.9 Å². The number of carbonyl (C=O) groups is 3. The van der Waals surface area contributed by atoms with E-state index >= 15 is 0 Å². The van der Waals surface area contributed by atoms with Crippen molar-refractivity contribution in [1.82, 2.24) is 0 Å². The first-order chi connectivity index (χ1) is 16.6. The molecule has 0 radical (unpaired) electrons. The number of anilines is 3. The zero-order chi connectivity index (χ0) is 25.4. The lowest BCUT2D eigenvalue weighted by molar-refractivity contribution is -0.120. The number of rotatable bonds is 5. The van der Waals surface area contributed by atoms with Crippen LogP contribution in [0.1, 0.15) is 10.4 Å². The first kappa shape index (κ1) is 25.6. The van der Waals surface area contributed by atoms with Crippen LogP contribution in [0, 0.1) is 0 Å². The summed E-state index contributed by atoms with van der Waals surface area (Å²) in [4.78, 5) is 39.3. The number of nitrogens with one attached hydrogen (secondary N) is 2. The highest BCUT2D eigenvalue weighted by Gasteiger charge is 2.40. The third-order valence-electron chi connectivity index (χ3n) is 4.83. The van der Waals surface area contributed by atoms with Crippen molar-refractivity contribution in [1.29, 1.82) is 0 Å². The molecule has 6 nitrogen and oxygen atoms in total. The van der Waals surface area contributed by atoms with Gasteiger partial charge in [-0.15, -0.1) is 0 Å². The summed E-state index contributed by atoms with van der Waals surface area (Å²) < 4.78 is 0. The molecule has 0 aromatic heterocycles. The number of halogens is 6. The van der Waals surface area contributed by atoms with E-state index in [0.29, 0.717) is 16.4 Å². The Bertz CT molecular complexity index is 1440. The number of hydrogen-bond acceptors (Lipinski definition) is 4. The first-order valence-corrected chi connectivity index (χ1v) is 11.9. The van der Waals surface area contributed by atoms with Gasteiger partial charge in [-0.1, -0.05) is 75.7 Å². The van der Waals surface area contributed by atoms with E-state index in [1.807, 2.05) is 0 Å². The van der Waals surface area contributed by atoms with E-state index in [1.165, 1.54) is 24.3 Å². The molecule has 3 aromatic rings.